The van der Waals surface area contributed by atoms with Gasteiger partial charge in [-0.3, -0.25) is 9.36 Å². The summed E-state index contributed by atoms with van der Waals surface area (Å²) in [6.07, 6.45) is 1.30. The topological polar surface area (TPSA) is 60.9 Å². The lowest BCUT2D eigenvalue weighted by Gasteiger charge is -2.34. The summed E-state index contributed by atoms with van der Waals surface area (Å²) in [6.45, 7) is -1.28. The van der Waals surface area contributed by atoms with Gasteiger partial charge in [0.1, 0.15) is 5.82 Å². The number of carbonyl (C=O) groups is 1. The van der Waals surface area contributed by atoms with Crippen LogP contribution in [-0.4, -0.2) is 15.5 Å². The molecule has 23 heavy (non-hydrogen) atoms. The second kappa shape index (κ2) is 4.59. The van der Waals surface area contributed by atoms with Gasteiger partial charge in [-0.1, -0.05) is 0 Å². The molecule has 0 radical (unpaired) electrons. The molecule has 1 aromatic carbocycles. The Bertz CT molecular complexity index is 838. The zero-order chi connectivity index (χ0) is 16.5. The van der Waals surface area contributed by atoms with E-state index in [-0.39, 0.29) is 17.7 Å². The van der Waals surface area contributed by atoms with Crippen molar-refractivity contribution in [2.75, 3.05) is 0 Å². The van der Waals surface area contributed by atoms with E-state index < -0.39 is 18.3 Å². The first kappa shape index (κ1) is 14.3. The Morgan fingerprint density at radius 2 is 2.04 bits per heavy atom. The third-order valence-corrected chi connectivity index (χ3v) is 4.91. The minimum atomic E-state index is -2.89. The van der Waals surface area contributed by atoms with Gasteiger partial charge in [0.15, 0.2) is 0 Å². The third kappa shape index (κ3) is 1.85. The van der Waals surface area contributed by atoms with E-state index in [0.29, 0.717) is 39.9 Å². The smallest absolute Gasteiger partial charge is 0.320 e. The molecule has 0 aliphatic heterocycles. The molecule has 0 saturated heterocycles. The van der Waals surface area contributed by atoms with E-state index in [1.165, 1.54) is 6.07 Å². The monoisotopic (exact) mass is 321 g/mol. The Morgan fingerprint density at radius 3 is 2.65 bits per heavy atom. The summed E-state index contributed by atoms with van der Waals surface area (Å²) in [6, 6.07) is 3.09. The number of aromatic nitrogens is 2. The first-order valence-corrected chi connectivity index (χ1v) is 7.39. The van der Waals surface area contributed by atoms with E-state index in [0.717, 1.165) is 5.56 Å². The summed E-state index contributed by atoms with van der Waals surface area (Å²) in [7, 11) is 0. The Morgan fingerprint density at radius 1 is 1.35 bits per heavy atom. The minimum absolute atomic E-state index is 0.111. The molecule has 1 amide bonds. The van der Waals surface area contributed by atoms with E-state index >= 15 is 0 Å². The maximum atomic E-state index is 13.9. The number of alkyl halides is 2. The highest BCUT2D eigenvalue weighted by atomic mass is 19.3. The molecule has 7 heteroatoms. The summed E-state index contributed by atoms with van der Waals surface area (Å²) in [5.74, 6) is -1.72. The lowest BCUT2D eigenvalue weighted by molar-refractivity contribution is 0.0584. The van der Waals surface area contributed by atoms with Crippen LogP contribution in [0.5, 0.6) is 0 Å². The van der Waals surface area contributed by atoms with Crippen molar-refractivity contribution in [1.29, 1.82) is 0 Å². The van der Waals surface area contributed by atoms with Gasteiger partial charge in [0.05, 0.1) is 11.4 Å². The zero-order valence-electron chi connectivity index (χ0n) is 12.3. The highest BCUT2D eigenvalue weighted by molar-refractivity contribution is 5.91. The van der Waals surface area contributed by atoms with Crippen LogP contribution in [-0.2, 0) is 0 Å². The molecule has 1 heterocycles. The van der Waals surface area contributed by atoms with Crippen molar-refractivity contribution in [3.8, 4) is 11.3 Å². The number of nitrogens with two attached hydrogens (primary N) is 1. The number of hydrogen-bond donors (Lipinski definition) is 1. The third-order valence-electron chi connectivity index (χ3n) is 4.91. The fraction of sp³-hybridized carbons (Fsp3) is 0.375. The SMILES string of the molecule is Cc1cc2c(cc1F)C1CC(C1)c1c-2nc(C(N)=O)n1C(F)F. The number of rotatable bonds is 2. The number of hydrogen-bond acceptors (Lipinski definition) is 2. The highest BCUT2D eigenvalue weighted by Crippen LogP contribution is 2.56. The Hall–Kier alpha value is -2.31. The molecule has 0 atom stereocenters. The number of carbonyl (C=O) groups excluding carboxylic acids is 1. The average molecular weight is 321 g/mol. The molecule has 5 rings (SSSR count). The summed E-state index contributed by atoms with van der Waals surface area (Å²) in [5.41, 5.74) is 7.72. The van der Waals surface area contributed by atoms with Gasteiger partial charge in [0.2, 0.25) is 5.82 Å². The molecule has 4 nitrogen and oxygen atoms in total. The van der Waals surface area contributed by atoms with Crippen molar-refractivity contribution in [2.45, 2.75) is 38.2 Å². The van der Waals surface area contributed by atoms with Crippen molar-refractivity contribution in [1.82, 2.24) is 9.55 Å². The second-order valence-corrected chi connectivity index (χ2v) is 6.24. The van der Waals surface area contributed by atoms with Crippen LogP contribution < -0.4 is 5.73 Å². The molecule has 2 aromatic rings. The lowest BCUT2D eigenvalue weighted by Crippen LogP contribution is -2.24. The maximum absolute atomic E-state index is 13.9. The van der Waals surface area contributed by atoms with Gasteiger partial charge in [-0.05, 0) is 48.9 Å². The molecule has 0 spiro atoms. The van der Waals surface area contributed by atoms with Crippen LogP contribution in [0, 0.1) is 12.7 Å². The van der Waals surface area contributed by atoms with Gasteiger partial charge < -0.3 is 5.73 Å². The van der Waals surface area contributed by atoms with Gasteiger partial charge >= 0.3 is 6.55 Å². The van der Waals surface area contributed by atoms with E-state index in [1.807, 2.05) is 0 Å². The number of halogens is 3. The predicted molar refractivity (Wildman–Crippen MR) is 76.8 cm³/mol. The molecule has 1 aromatic heterocycles. The van der Waals surface area contributed by atoms with Crippen molar-refractivity contribution in [3.63, 3.8) is 0 Å². The first-order valence-electron chi connectivity index (χ1n) is 7.39. The molecule has 3 aliphatic carbocycles. The molecular weight excluding hydrogens is 307 g/mol. The summed E-state index contributed by atoms with van der Waals surface area (Å²) < 4.78 is 41.6. The number of nitrogens with zero attached hydrogens (tertiary/aromatic N) is 2. The zero-order valence-corrected chi connectivity index (χ0v) is 12.3. The maximum Gasteiger partial charge on any atom is 0.320 e. The van der Waals surface area contributed by atoms with Gasteiger partial charge in [0, 0.05) is 11.5 Å². The van der Waals surface area contributed by atoms with Crippen LogP contribution in [0.25, 0.3) is 11.3 Å². The largest absolute Gasteiger partial charge is 0.363 e. The number of aryl methyl sites for hydroxylation is 1. The Labute approximate surface area is 130 Å². The summed E-state index contributed by atoms with van der Waals surface area (Å²) in [5, 5.41) is 0. The minimum Gasteiger partial charge on any atom is -0.363 e. The number of imidazole rings is 1. The van der Waals surface area contributed by atoms with Crippen LogP contribution in [0.4, 0.5) is 13.2 Å². The first-order chi connectivity index (χ1) is 10.9. The predicted octanol–water partition coefficient (Wildman–Crippen LogP) is 3.47. The molecule has 1 fully saturated rings. The Balaban J connectivity index is 2.06. The van der Waals surface area contributed by atoms with E-state index in [4.69, 9.17) is 5.73 Å². The van der Waals surface area contributed by atoms with Crippen molar-refractivity contribution in [3.05, 3.63) is 40.6 Å². The van der Waals surface area contributed by atoms with Gasteiger partial charge in [-0.25, -0.2) is 9.37 Å². The fourth-order valence-corrected chi connectivity index (χ4v) is 3.74. The summed E-state index contributed by atoms with van der Waals surface area (Å²) >= 11 is 0. The van der Waals surface area contributed by atoms with E-state index in [9.17, 15) is 18.0 Å². The number of benzene rings is 1. The molecule has 120 valence electrons. The molecular formula is C16H14F3N3O. The van der Waals surface area contributed by atoms with E-state index in [2.05, 4.69) is 4.98 Å². The lowest BCUT2D eigenvalue weighted by atomic mass is 9.71. The van der Waals surface area contributed by atoms with Gasteiger partial charge in [0.25, 0.3) is 5.91 Å². The molecule has 2 bridgehead atoms. The number of primary amides is 1. The highest BCUT2D eigenvalue weighted by Gasteiger charge is 2.43. The Kier molecular flexibility index (Phi) is 2.86. The average Bonchev–Trinajstić information content (AvgIpc) is 2.71. The fourth-order valence-electron chi connectivity index (χ4n) is 3.74. The number of amides is 1. The summed E-state index contributed by atoms with van der Waals surface area (Å²) in [4.78, 5) is 15.6. The normalized spacial score (nSPS) is 21.4. The van der Waals surface area contributed by atoms with Crippen molar-refractivity contribution < 1.29 is 18.0 Å². The van der Waals surface area contributed by atoms with Crippen molar-refractivity contribution in [2.24, 2.45) is 5.73 Å². The van der Waals surface area contributed by atoms with Crippen LogP contribution >= 0.6 is 0 Å². The van der Waals surface area contributed by atoms with Crippen LogP contribution in [0.3, 0.4) is 0 Å². The second-order valence-electron chi connectivity index (χ2n) is 6.24. The molecule has 0 unspecified atom stereocenters. The molecule has 2 N–H and O–H groups in total. The van der Waals surface area contributed by atoms with Crippen LogP contribution in [0.15, 0.2) is 12.1 Å². The van der Waals surface area contributed by atoms with Gasteiger partial charge in [-0.15, -0.1) is 0 Å². The van der Waals surface area contributed by atoms with E-state index in [1.54, 1.807) is 13.0 Å². The van der Waals surface area contributed by atoms with Gasteiger partial charge in [-0.2, -0.15) is 8.78 Å². The van der Waals surface area contributed by atoms with Crippen LogP contribution in [0.1, 0.15) is 58.7 Å². The molecule has 3 aliphatic rings. The van der Waals surface area contributed by atoms with Crippen molar-refractivity contribution >= 4 is 5.91 Å². The molecule has 1 saturated carbocycles. The standard InChI is InChI=1S/C16H14F3N3O/c1-6-2-10-9(5-11(6)17)7-3-8(4-7)13-12(10)21-15(14(20)23)22(13)16(18)19/h2,5,7-8,16H,3-4H2,1H3,(H2,20,23). The van der Waals surface area contributed by atoms with Crippen LogP contribution in [0.2, 0.25) is 0 Å². The quantitative estimate of drug-likeness (QED) is 0.920.